The van der Waals surface area contributed by atoms with E-state index < -0.39 is 10.8 Å². The van der Waals surface area contributed by atoms with E-state index in [1.54, 1.807) is 0 Å². The van der Waals surface area contributed by atoms with Crippen LogP contribution in [0.2, 0.25) is 0 Å². The van der Waals surface area contributed by atoms with Crippen molar-refractivity contribution in [3.05, 3.63) is 39.9 Å². The molecule has 86 valence electrons. The Balaban J connectivity index is 2.72. The van der Waals surface area contributed by atoms with Gasteiger partial charge in [0.25, 0.3) is 11.6 Å². The smallest absolute Gasteiger partial charge is 0.270 e. The van der Waals surface area contributed by atoms with Crippen molar-refractivity contribution >= 4 is 28.3 Å². The maximum absolute atomic E-state index is 11.1. The third-order valence-electron chi connectivity index (χ3n) is 2.30. The zero-order valence-electron chi connectivity index (χ0n) is 8.58. The number of nitrogens with two attached hydrogens (primary N) is 2. The van der Waals surface area contributed by atoms with Crippen LogP contribution < -0.4 is 11.5 Å². The molecule has 0 unspecified atom stereocenters. The van der Waals surface area contributed by atoms with E-state index in [1.165, 1.54) is 24.3 Å². The van der Waals surface area contributed by atoms with Gasteiger partial charge in [0.2, 0.25) is 0 Å². The molecule has 0 radical (unpaired) electrons. The fourth-order valence-corrected chi connectivity index (χ4v) is 1.49. The van der Waals surface area contributed by atoms with Crippen molar-refractivity contribution in [3.8, 4) is 0 Å². The molecular formula is C10H8N4O3. The molecule has 7 heteroatoms. The number of amides is 1. The van der Waals surface area contributed by atoms with Gasteiger partial charge in [0, 0.05) is 17.5 Å². The number of aromatic nitrogens is 1. The molecule has 17 heavy (non-hydrogen) atoms. The fourth-order valence-electron chi connectivity index (χ4n) is 1.49. The molecule has 7 nitrogen and oxygen atoms in total. The molecule has 2 rings (SSSR count). The highest BCUT2D eigenvalue weighted by Gasteiger charge is 2.12. The number of carbonyl (C=O) groups excluding carboxylic acids is 1. The standard InChI is InChI=1S/C10H8N4O3/c11-9-7(10(12)15)4-5-3-6(14(16)17)1-2-8(5)13-9/h1-4H,(H2,11,13)(H2,12,15). The Morgan fingerprint density at radius 2 is 2.06 bits per heavy atom. The number of fused-ring (bicyclic) bond motifs is 1. The van der Waals surface area contributed by atoms with Gasteiger partial charge in [-0.1, -0.05) is 0 Å². The molecule has 1 aromatic heterocycles. The average Bonchev–Trinajstić information content (AvgIpc) is 2.27. The summed E-state index contributed by atoms with van der Waals surface area (Å²) in [5.41, 5.74) is 11.1. The van der Waals surface area contributed by atoms with Crippen molar-refractivity contribution in [3.63, 3.8) is 0 Å². The van der Waals surface area contributed by atoms with Crippen LogP contribution >= 0.6 is 0 Å². The van der Waals surface area contributed by atoms with Gasteiger partial charge < -0.3 is 11.5 Å². The maximum Gasteiger partial charge on any atom is 0.270 e. The first-order valence-electron chi connectivity index (χ1n) is 4.63. The highest BCUT2D eigenvalue weighted by Crippen LogP contribution is 2.22. The Hall–Kier alpha value is -2.70. The number of nitro groups is 1. The van der Waals surface area contributed by atoms with Crippen LogP contribution in [-0.2, 0) is 0 Å². The average molecular weight is 232 g/mol. The molecule has 4 N–H and O–H groups in total. The summed E-state index contributed by atoms with van der Waals surface area (Å²) < 4.78 is 0. The van der Waals surface area contributed by atoms with Crippen molar-refractivity contribution < 1.29 is 9.72 Å². The predicted molar refractivity (Wildman–Crippen MR) is 61.3 cm³/mol. The first kappa shape index (κ1) is 10.8. The second-order valence-electron chi connectivity index (χ2n) is 3.42. The third-order valence-corrected chi connectivity index (χ3v) is 2.30. The summed E-state index contributed by atoms with van der Waals surface area (Å²) in [4.78, 5) is 25.1. The minimum atomic E-state index is -0.719. The zero-order chi connectivity index (χ0) is 12.6. The maximum atomic E-state index is 11.1. The van der Waals surface area contributed by atoms with Crippen molar-refractivity contribution in [2.24, 2.45) is 5.73 Å². The summed E-state index contributed by atoms with van der Waals surface area (Å²) in [7, 11) is 0. The number of anilines is 1. The number of rotatable bonds is 2. The molecule has 0 fully saturated rings. The van der Waals surface area contributed by atoms with E-state index in [1.807, 2.05) is 0 Å². The van der Waals surface area contributed by atoms with E-state index in [-0.39, 0.29) is 17.1 Å². The quantitative estimate of drug-likeness (QED) is 0.585. The van der Waals surface area contributed by atoms with Gasteiger partial charge in [-0.3, -0.25) is 14.9 Å². The van der Waals surface area contributed by atoms with Crippen molar-refractivity contribution in [2.75, 3.05) is 5.73 Å². The summed E-state index contributed by atoms with van der Waals surface area (Å²) >= 11 is 0. The Morgan fingerprint density at radius 1 is 1.35 bits per heavy atom. The molecule has 0 spiro atoms. The minimum absolute atomic E-state index is 0.0128. The van der Waals surface area contributed by atoms with Gasteiger partial charge in [-0.25, -0.2) is 4.98 Å². The van der Waals surface area contributed by atoms with Gasteiger partial charge in [0.15, 0.2) is 0 Å². The lowest BCUT2D eigenvalue weighted by molar-refractivity contribution is -0.384. The minimum Gasteiger partial charge on any atom is -0.383 e. The summed E-state index contributed by atoms with van der Waals surface area (Å²) in [6, 6.07) is 5.49. The summed E-state index contributed by atoms with van der Waals surface area (Å²) in [6.07, 6.45) is 0. The Labute approximate surface area is 95.2 Å². The normalized spacial score (nSPS) is 10.4. The lowest BCUT2D eigenvalue weighted by Crippen LogP contribution is -2.14. The van der Waals surface area contributed by atoms with Gasteiger partial charge in [-0.05, 0) is 12.1 Å². The largest absolute Gasteiger partial charge is 0.383 e. The van der Waals surface area contributed by atoms with E-state index in [0.717, 1.165) is 0 Å². The fraction of sp³-hybridized carbons (Fsp3) is 0. The van der Waals surface area contributed by atoms with E-state index in [9.17, 15) is 14.9 Å². The number of pyridine rings is 1. The third kappa shape index (κ3) is 1.85. The lowest BCUT2D eigenvalue weighted by atomic mass is 10.1. The number of non-ortho nitro benzene ring substituents is 1. The van der Waals surface area contributed by atoms with Crippen LogP contribution in [-0.4, -0.2) is 15.8 Å². The highest BCUT2D eigenvalue weighted by molar-refractivity contribution is 6.01. The van der Waals surface area contributed by atoms with Crippen LogP contribution in [0.4, 0.5) is 11.5 Å². The molecule has 0 aliphatic heterocycles. The van der Waals surface area contributed by atoms with Gasteiger partial charge in [0.1, 0.15) is 5.82 Å². The molecule has 0 saturated heterocycles. The predicted octanol–water partition coefficient (Wildman–Crippen LogP) is 0.824. The molecule has 0 saturated carbocycles. The molecule has 0 atom stereocenters. The lowest BCUT2D eigenvalue weighted by Gasteiger charge is -2.03. The molecule has 0 aliphatic carbocycles. The van der Waals surface area contributed by atoms with Crippen LogP contribution in [0.1, 0.15) is 10.4 Å². The van der Waals surface area contributed by atoms with Crippen molar-refractivity contribution in [2.45, 2.75) is 0 Å². The number of benzene rings is 1. The van der Waals surface area contributed by atoms with Gasteiger partial charge >= 0.3 is 0 Å². The summed E-state index contributed by atoms with van der Waals surface area (Å²) in [5.74, 6) is -0.706. The molecule has 1 heterocycles. The number of carbonyl (C=O) groups is 1. The molecular weight excluding hydrogens is 224 g/mol. The first-order chi connectivity index (χ1) is 7.99. The number of primary amides is 1. The van der Waals surface area contributed by atoms with Crippen LogP contribution in [0, 0.1) is 10.1 Å². The topological polar surface area (TPSA) is 125 Å². The number of hydrogen-bond acceptors (Lipinski definition) is 5. The summed E-state index contributed by atoms with van der Waals surface area (Å²) in [5, 5.41) is 11.0. The second kappa shape index (κ2) is 3.71. The van der Waals surface area contributed by atoms with Crippen LogP contribution in [0.15, 0.2) is 24.3 Å². The molecule has 0 aliphatic rings. The summed E-state index contributed by atoms with van der Waals surface area (Å²) in [6.45, 7) is 0. The molecule has 0 bridgehead atoms. The molecule has 2 aromatic rings. The van der Waals surface area contributed by atoms with Crippen molar-refractivity contribution in [1.82, 2.24) is 4.98 Å². The SMILES string of the molecule is NC(=O)c1cc2cc([N+](=O)[O-])ccc2nc1N. The number of nitrogens with zero attached hydrogens (tertiary/aromatic N) is 2. The van der Waals surface area contributed by atoms with E-state index >= 15 is 0 Å². The second-order valence-corrected chi connectivity index (χ2v) is 3.42. The van der Waals surface area contributed by atoms with Crippen LogP contribution in [0.5, 0.6) is 0 Å². The van der Waals surface area contributed by atoms with Gasteiger partial charge in [-0.2, -0.15) is 0 Å². The van der Waals surface area contributed by atoms with Gasteiger partial charge in [0.05, 0.1) is 16.0 Å². The number of nitro benzene ring substituents is 1. The zero-order valence-corrected chi connectivity index (χ0v) is 8.58. The van der Waals surface area contributed by atoms with E-state index in [4.69, 9.17) is 11.5 Å². The van der Waals surface area contributed by atoms with E-state index in [0.29, 0.717) is 10.9 Å². The Bertz CT molecular complexity index is 639. The first-order valence-corrected chi connectivity index (χ1v) is 4.63. The number of nitrogen functional groups attached to an aromatic ring is 1. The highest BCUT2D eigenvalue weighted by atomic mass is 16.6. The van der Waals surface area contributed by atoms with Crippen LogP contribution in [0.3, 0.4) is 0 Å². The van der Waals surface area contributed by atoms with Crippen LogP contribution in [0.25, 0.3) is 10.9 Å². The Morgan fingerprint density at radius 3 is 2.65 bits per heavy atom. The van der Waals surface area contributed by atoms with E-state index in [2.05, 4.69) is 4.98 Å². The Kier molecular flexibility index (Phi) is 2.36. The molecule has 1 aromatic carbocycles. The van der Waals surface area contributed by atoms with Crippen molar-refractivity contribution in [1.29, 1.82) is 0 Å². The van der Waals surface area contributed by atoms with Gasteiger partial charge in [-0.15, -0.1) is 0 Å². The number of hydrogen-bond donors (Lipinski definition) is 2. The monoisotopic (exact) mass is 232 g/mol. The molecule has 1 amide bonds.